The Morgan fingerprint density at radius 2 is 2.12 bits per heavy atom. The summed E-state index contributed by atoms with van der Waals surface area (Å²) in [5, 5.41) is 3.94. The molecule has 1 aliphatic heterocycles. The fraction of sp³-hybridized carbons (Fsp3) is 0.526. The molecule has 2 amide bonds. The lowest BCUT2D eigenvalue weighted by Crippen LogP contribution is -2.38. The van der Waals surface area contributed by atoms with E-state index in [-0.39, 0.29) is 17.9 Å². The van der Waals surface area contributed by atoms with Gasteiger partial charge in [-0.25, -0.2) is 0 Å². The monoisotopic (exact) mass is 358 g/mol. The minimum atomic E-state index is -0.0791. The molecule has 0 N–H and O–H groups in total. The van der Waals surface area contributed by atoms with Crippen molar-refractivity contribution < 1.29 is 14.1 Å². The summed E-state index contributed by atoms with van der Waals surface area (Å²) in [7, 11) is 3.64. The Labute approximate surface area is 153 Å². The first kappa shape index (κ1) is 18.2. The molecule has 0 aliphatic carbocycles. The number of carbonyl (C=O) groups is 2. The molecule has 2 aromatic rings. The molecule has 0 saturated carbocycles. The van der Waals surface area contributed by atoms with Crippen LogP contribution in [0.25, 0.3) is 0 Å². The van der Waals surface area contributed by atoms with Gasteiger partial charge in [-0.2, -0.15) is 0 Å². The van der Waals surface area contributed by atoms with E-state index in [0.29, 0.717) is 12.2 Å². The minimum Gasteiger partial charge on any atom is -0.361 e. The van der Waals surface area contributed by atoms with Crippen LogP contribution in [-0.2, 0) is 18.4 Å². The third kappa shape index (κ3) is 3.52. The number of carbonyl (C=O) groups excluding carboxylic acids is 2. The van der Waals surface area contributed by atoms with E-state index in [1.807, 2.05) is 41.6 Å². The third-order valence-electron chi connectivity index (χ3n) is 5.05. The highest BCUT2D eigenvalue weighted by Crippen LogP contribution is 2.32. The van der Waals surface area contributed by atoms with Gasteiger partial charge in [-0.1, -0.05) is 5.16 Å². The second-order valence-electron chi connectivity index (χ2n) is 7.02. The minimum absolute atomic E-state index is 0.0382. The summed E-state index contributed by atoms with van der Waals surface area (Å²) < 4.78 is 6.98. The van der Waals surface area contributed by atoms with Crippen LogP contribution < -0.4 is 0 Å². The Morgan fingerprint density at radius 1 is 1.35 bits per heavy atom. The summed E-state index contributed by atoms with van der Waals surface area (Å²) in [5.74, 6) is 0.732. The van der Waals surface area contributed by atoms with E-state index in [2.05, 4.69) is 5.16 Å². The zero-order valence-corrected chi connectivity index (χ0v) is 15.9. The van der Waals surface area contributed by atoms with Crippen molar-refractivity contribution >= 4 is 11.8 Å². The SMILES string of the molecule is CC(=O)N1CCCC[C@H]1c1ccc(C(=O)N(C)Cc2cc(C)on2)n1C. The second-order valence-corrected chi connectivity index (χ2v) is 7.02. The van der Waals surface area contributed by atoms with Crippen LogP contribution in [0.1, 0.15) is 59.9 Å². The van der Waals surface area contributed by atoms with Gasteiger partial charge in [0.2, 0.25) is 5.91 Å². The van der Waals surface area contributed by atoms with E-state index in [1.54, 1.807) is 18.9 Å². The highest BCUT2D eigenvalue weighted by atomic mass is 16.5. The first-order valence-corrected chi connectivity index (χ1v) is 8.99. The molecular weight excluding hydrogens is 332 g/mol. The van der Waals surface area contributed by atoms with Gasteiger partial charge in [-0.15, -0.1) is 0 Å². The number of amides is 2. The Morgan fingerprint density at radius 3 is 2.77 bits per heavy atom. The topological polar surface area (TPSA) is 71.6 Å². The van der Waals surface area contributed by atoms with Crippen LogP contribution in [0.15, 0.2) is 22.7 Å². The molecule has 7 heteroatoms. The summed E-state index contributed by atoms with van der Waals surface area (Å²) in [5.41, 5.74) is 2.34. The van der Waals surface area contributed by atoms with E-state index in [1.165, 1.54) is 0 Å². The highest BCUT2D eigenvalue weighted by Gasteiger charge is 2.29. The van der Waals surface area contributed by atoms with Crippen molar-refractivity contribution in [3.05, 3.63) is 41.0 Å². The Hall–Kier alpha value is -2.57. The molecule has 0 bridgehead atoms. The maximum Gasteiger partial charge on any atom is 0.270 e. The van der Waals surface area contributed by atoms with E-state index in [9.17, 15) is 9.59 Å². The van der Waals surface area contributed by atoms with Crippen molar-refractivity contribution in [1.82, 2.24) is 19.5 Å². The van der Waals surface area contributed by atoms with Crippen molar-refractivity contribution in [2.75, 3.05) is 13.6 Å². The number of aryl methyl sites for hydroxylation is 1. The van der Waals surface area contributed by atoms with Crippen molar-refractivity contribution in [3.8, 4) is 0 Å². The Kier molecular flexibility index (Phi) is 5.15. The summed E-state index contributed by atoms with van der Waals surface area (Å²) in [6.45, 7) is 4.60. The zero-order chi connectivity index (χ0) is 18.8. The summed E-state index contributed by atoms with van der Waals surface area (Å²) in [4.78, 5) is 28.4. The average Bonchev–Trinajstić information content (AvgIpc) is 3.19. The van der Waals surface area contributed by atoms with Gasteiger partial charge in [0.25, 0.3) is 5.91 Å². The van der Waals surface area contributed by atoms with Crippen molar-refractivity contribution in [2.45, 2.75) is 45.7 Å². The molecular formula is C19H26N4O3. The smallest absolute Gasteiger partial charge is 0.270 e. The van der Waals surface area contributed by atoms with E-state index in [4.69, 9.17) is 4.52 Å². The van der Waals surface area contributed by atoms with Gasteiger partial charge >= 0.3 is 0 Å². The Bertz CT molecular complexity index is 808. The number of nitrogens with zero attached hydrogens (tertiary/aromatic N) is 4. The molecule has 0 aromatic carbocycles. The standard InChI is InChI=1S/C19H26N4O3/c1-13-11-15(20-26-13)12-21(3)19(25)18-9-8-16(22(18)4)17-7-5-6-10-23(17)14(2)24/h8-9,11,17H,5-7,10,12H2,1-4H3/t17-/m0/s1. The molecule has 0 spiro atoms. The molecule has 140 valence electrons. The van der Waals surface area contributed by atoms with E-state index >= 15 is 0 Å². The van der Waals surface area contributed by atoms with Gasteiger partial charge in [0.15, 0.2) is 0 Å². The lowest BCUT2D eigenvalue weighted by molar-refractivity contribution is -0.132. The molecule has 7 nitrogen and oxygen atoms in total. The van der Waals surface area contributed by atoms with Crippen LogP contribution in [-0.4, -0.2) is 44.9 Å². The fourth-order valence-corrected chi connectivity index (χ4v) is 3.70. The van der Waals surface area contributed by atoms with Gasteiger partial charge < -0.3 is 18.9 Å². The molecule has 3 rings (SSSR count). The maximum absolute atomic E-state index is 12.9. The highest BCUT2D eigenvalue weighted by molar-refractivity contribution is 5.92. The number of aromatic nitrogens is 2. The van der Waals surface area contributed by atoms with Crippen molar-refractivity contribution in [3.63, 3.8) is 0 Å². The Balaban J connectivity index is 1.79. The van der Waals surface area contributed by atoms with Crippen LogP contribution in [0, 0.1) is 6.92 Å². The van der Waals surface area contributed by atoms with Gasteiger partial charge in [0.05, 0.1) is 12.6 Å². The van der Waals surface area contributed by atoms with Crippen LogP contribution in [0.5, 0.6) is 0 Å². The first-order chi connectivity index (χ1) is 12.4. The molecule has 2 aromatic heterocycles. The van der Waals surface area contributed by atoms with Gasteiger partial charge in [-0.3, -0.25) is 9.59 Å². The van der Waals surface area contributed by atoms with Gasteiger partial charge in [-0.05, 0) is 38.3 Å². The molecule has 0 unspecified atom stereocenters. The predicted molar refractivity (Wildman–Crippen MR) is 96.4 cm³/mol. The number of hydrogen-bond acceptors (Lipinski definition) is 4. The number of likely N-dealkylation sites (tertiary alicyclic amines) is 1. The van der Waals surface area contributed by atoms with Crippen molar-refractivity contribution in [1.29, 1.82) is 0 Å². The van der Waals surface area contributed by atoms with Crippen molar-refractivity contribution in [2.24, 2.45) is 7.05 Å². The van der Waals surface area contributed by atoms with Crippen LogP contribution in [0.4, 0.5) is 0 Å². The summed E-state index contributed by atoms with van der Waals surface area (Å²) >= 11 is 0. The third-order valence-corrected chi connectivity index (χ3v) is 5.05. The largest absolute Gasteiger partial charge is 0.361 e. The maximum atomic E-state index is 12.9. The molecule has 1 atom stereocenters. The lowest BCUT2D eigenvalue weighted by Gasteiger charge is -2.35. The molecule has 1 fully saturated rings. The van der Waals surface area contributed by atoms with Gasteiger partial charge in [0, 0.05) is 39.3 Å². The zero-order valence-electron chi connectivity index (χ0n) is 15.9. The first-order valence-electron chi connectivity index (χ1n) is 8.99. The molecule has 0 radical (unpaired) electrons. The number of hydrogen-bond donors (Lipinski definition) is 0. The predicted octanol–water partition coefficient (Wildman–Crippen LogP) is 2.67. The van der Waals surface area contributed by atoms with Crippen LogP contribution in [0.3, 0.4) is 0 Å². The lowest BCUT2D eigenvalue weighted by atomic mass is 9.99. The summed E-state index contributed by atoms with van der Waals surface area (Å²) in [6, 6.07) is 5.67. The second kappa shape index (κ2) is 7.35. The fourth-order valence-electron chi connectivity index (χ4n) is 3.70. The molecule has 3 heterocycles. The van der Waals surface area contributed by atoms with Crippen LogP contribution in [0.2, 0.25) is 0 Å². The van der Waals surface area contributed by atoms with E-state index in [0.717, 1.165) is 43.0 Å². The summed E-state index contributed by atoms with van der Waals surface area (Å²) in [6.07, 6.45) is 3.06. The molecule has 1 saturated heterocycles. The normalized spacial score (nSPS) is 17.4. The van der Waals surface area contributed by atoms with E-state index < -0.39 is 0 Å². The van der Waals surface area contributed by atoms with Gasteiger partial charge in [0.1, 0.15) is 17.1 Å². The molecule has 1 aliphatic rings. The van der Waals surface area contributed by atoms with Crippen LogP contribution >= 0.6 is 0 Å². The molecule has 26 heavy (non-hydrogen) atoms. The number of piperidine rings is 1. The number of rotatable bonds is 4. The average molecular weight is 358 g/mol. The quantitative estimate of drug-likeness (QED) is 0.842.